The van der Waals surface area contributed by atoms with Crippen LogP contribution in [-0.2, 0) is 65.4 Å². The summed E-state index contributed by atoms with van der Waals surface area (Å²) in [6.45, 7) is 14.0. The molecule has 0 aliphatic carbocycles. The Labute approximate surface area is 517 Å². The van der Waals surface area contributed by atoms with Crippen molar-refractivity contribution in [2.75, 3.05) is 39.6 Å². The summed E-state index contributed by atoms with van der Waals surface area (Å²) in [5.41, 5.74) is 0. The lowest BCUT2D eigenvalue weighted by molar-refractivity contribution is -0.161. The number of phosphoric acid groups is 2. The van der Waals surface area contributed by atoms with E-state index < -0.39 is 97.5 Å². The monoisotopic (exact) mass is 1250 g/mol. The van der Waals surface area contributed by atoms with Gasteiger partial charge < -0.3 is 33.8 Å². The zero-order chi connectivity index (χ0) is 63.2. The SMILES string of the molecule is CCC(C)CCCCCCCCC(=O)O[C@H](COC(=O)CCCCCCCCCCCCC(C)C)COP(=O)(O)OCC(O)COP(=O)(O)OC[C@@H](COC(=O)CCCCCCCCCCC(C)C)OC(=O)CCCCCCCCCCC(C)C. The Balaban J connectivity index is 5.25. The van der Waals surface area contributed by atoms with Crippen LogP contribution in [0.4, 0.5) is 0 Å². The smallest absolute Gasteiger partial charge is 0.462 e. The molecule has 0 radical (unpaired) electrons. The molecule has 3 N–H and O–H groups in total. The Bertz CT molecular complexity index is 1700. The third kappa shape index (κ3) is 59.5. The zero-order valence-corrected chi connectivity index (χ0v) is 57.0. The van der Waals surface area contributed by atoms with Gasteiger partial charge in [0.2, 0.25) is 0 Å². The Morgan fingerprint density at radius 1 is 0.329 bits per heavy atom. The Morgan fingerprint density at radius 2 is 0.565 bits per heavy atom. The van der Waals surface area contributed by atoms with Crippen LogP contribution in [0.3, 0.4) is 0 Å². The minimum Gasteiger partial charge on any atom is -0.462 e. The van der Waals surface area contributed by atoms with Gasteiger partial charge in [-0.05, 0) is 49.4 Å². The van der Waals surface area contributed by atoms with E-state index in [0.29, 0.717) is 25.7 Å². The van der Waals surface area contributed by atoms with E-state index in [1.165, 1.54) is 122 Å². The van der Waals surface area contributed by atoms with Crippen molar-refractivity contribution in [1.29, 1.82) is 0 Å². The van der Waals surface area contributed by atoms with Crippen molar-refractivity contribution in [3.05, 3.63) is 0 Å². The number of esters is 4. The highest BCUT2D eigenvalue weighted by atomic mass is 31.2. The van der Waals surface area contributed by atoms with E-state index in [9.17, 15) is 43.2 Å². The maximum absolute atomic E-state index is 13.0. The standard InChI is InChI=1S/C66H128O17P2/c1-9-59(8)45-37-29-24-25-33-41-49-66(71)83-62(53-76-63(68)46-38-30-21-13-11-10-12-18-26-34-42-56(2)3)55-81-85(74,75)79-51-60(67)50-78-84(72,73)80-54-61(82-65(70)48-40-32-23-17-15-20-28-36-44-58(6)7)52-77-64(69)47-39-31-22-16-14-19-27-35-43-57(4)5/h56-62,67H,9-55H2,1-8H3,(H,72,73)(H,74,75)/t59?,60?,61-,62-/m1/s1. The van der Waals surface area contributed by atoms with Gasteiger partial charge in [0.1, 0.15) is 19.3 Å². The van der Waals surface area contributed by atoms with Gasteiger partial charge in [0.05, 0.1) is 26.4 Å². The number of phosphoric ester groups is 2. The number of unbranched alkanes of at least 4 members (excludes halogenated alkanes) is 28. The second-order valence-electron chi connectivity index (χ2n) is 25.5. The maximum atomic E-state index is 13.0. The van der Waals surface area contributed by atoms with Gasteiger partial charge in [-0.3, -0.25) is 37.3 Å². The molecule has 19 heteroatoms. The molecule has 17 nitrogen and oxygen atoms in total. The number of aliphatic hydroxyl groups is 1. The summed E-state index contributed by atoms with van der Waals surface area (Å²) in [6, 6.07) is 0. The van der Waals surface area contributed by atoms with Gasteiger partial charge in [-0.1, -0.05) is 267 Å². The van der Waals surface area contributed by atoms with Crippen LogP contribution in [0.1, 0.15) is 319 Å². The molecule has 0 saturated heterocycles. The van der Waals surface area contributed by atoms with E-state index >= 15 is 0 Å². The summed E-state index contributed by atoms with van der Waals surface area (Å²) in [5.74, 6) is 0.784. The van der Waals surface area contributed by atoms with Crippen molar-refractivity contribution < 1.29 is 80.2 Å². The van der Waals surface area contributed by atoms with Gasteiger partial charge in [-0.25, -0.2) is 9.13 Å². The first kappa shape index (κ1) is 83.1. The number of ether oxygens (including phenoxy) is 4. The molecule has 0 rings (SSSR count). The molecule has 0 saturated carbocycles. The molecule has 0 heterocycles. The number of carbonyl (C=O) groups excluding carboxylic acids is 4. The van der Waals surface area contributed by atoms with Crippen LogP contribution in [0.5, 0.6) is 0 Å². The third-order valence-electron chi connectivity index (χ3n) is 15.4. The minimum atomic E-state index is -4.95. The highest BCUT2D eigenvalue weighted by Gasteiger charge is 2.30. The molecule has 0 aromatic heterocycles. The van der Waals surface area contributed by atoms with Crippen molar-refractivity contribution in [2.24, 2.45) is 23.7 Å². The maximum Gasteiger partial charge on any atom is 0.472 e. The molecule has 0 fully saturated rings. The van der Waals surface area contributed by atoms with E-state index in [4.69, 9.17) is 37.0 Å². The van der Waals surface area contributed by atoms with E-state index in [2.05, 4.69) is 55.4 Å². The topological polar surface area (TPSA) is 237 Å². The van der Waals surface area contributed by atoms with E-state index in [0.717, 1.165) is 114 Å². The van der Waals surface area contributed by atoms with Crippen LogP contribution < -0.4 is 0 Å². The molecule has 504 valence electrons. The van der Waals surface area contributed by atoms with Crippen LogP contribution in [-0.4, -0.2) is 96.7 Å². The quantitative estimate of drug-likeness (QED) is 0.0222. The molecule has 0 aliphatic rings. The molecular weight excluding hydrogens is 1130 g/mol. The van der Waals surface area contributed by atoms with Gasteiger partial charge in [-0.15, -0.1) is 0 Å². The van der Waals surface area contributed by atoms with Crippen molar-refractivity contribution >= 4 is 39.5 Å². The molecule has 0 aliphatic heterocycles. The van der Waals surface area contributed by atoms with Crippen LogP contribution in [0, 0.1) is 23.7 Å². The Hall–Kier alpha value is -1.94. The normalized spacial score (nSPS) is 14.7. The van der Waals surface area contributed by atoms with Gasteiger partial charge in [0, 0.05) is 25.7 Å². The predicted molar refractivity (Wildman–Crippen MR) is 340 cm³/mol. The number of hydrogen-bond acceptors (Lipinski definition) is 15. The first-order valence-corrected chi connectivity index (χ1v) is 37.2. The summed E-state index contributed by atoms with van der Waals surface area (Å²) >= 11 is 0. The third-order valence-corrected chi connectivity index (χ3v) is 17.3. The first-order chi connectivity index (χ1) is 40.6. The van der Waals surface area contributed by atoms with E-state index in [1.807, 2.05) is 0 Å². The Kier molecular flexibility index (Phi) is 54.8. The second kappa shape index (κ2) is 56.1. The number of carbonyl (C=O) groups is 4. The molecule has 0 aromatic carbocycles. The van der Waals surface area contributed by atoms with Gasteiger partial charge >= 0.3 is 39.5 Å². The molecule has 85 heavy (non-hydrogen) atoms. The van der Waals surface area contributed by atoms with Crippen molar-refractivity contribution in [1.82, 2.24) is 0 Å². The largest absolute Gasteiger partial charge is 0.472 e. The summed E-state index contributed by atoms with van der Waals surface area (Å²) in [6.07, 6.45) is 36.3. The van der Waals surface area contributed by atoms with Gasteiger partial charge in [0.25, 0.3) is 0 Å². The fourth-order valence-electron chi connectivity index (χ4n) is 9.75. The van der Waals surface area contributed by atoms with E-state index in [1.54, 1.807) is 0 Å². The van der Waals surface area contributed by atoms with Crippen LogP contribution in [0.25, 0.3) is 0 Å². The molecule has 0 spiro atoms. The van der Waals surface area contributed by atoms with Crippen molar-refractivity contribution in [2.45, 2.75) is 337 Å². The first-order valence-electron chi connectivity index (χ1n) is 34.2. The highest BCUT2D eigenvalue weighted by molar-refractivity contribution is 7.47. The summed E-state index contributed by atoms with van der Waals surface area (Å²) in [7, 11) is -9.89. The number of aliphatic hydroxyl groups excluding tert-OH is 1. The molecule has 0 aromatic rings. The highest BCUT2D eigenvalue weighted by Crippen LogP contribution is 2.45. The van der Waals surface area contributed by atoms with Crippen LogP contribution in [0.2, 0.25) is 0 Å². The van der Waals surface area contributed by atoms with Crippen LogP contribution >= 0.6 is 15.6 Å². The second-order valence-corrected chi connectivity index (χ2v) is 28.4. The molecule has 4 unspecified atom stereocenters. The lowest BCUT2D eigenvalue weighted by Crippen LogP contribution is -2.30. The van der Waals surface area contributed by atoms with Crippen molar-refractivity contribution in [3.63, 3.8) is 0 Å². The molecule has 0 bridgehead atoms. The zero-order valence-electron chi connectivity index (χ0n) is 55.2. The summed E-state index contributed by atoms with van der Waals surface area (Å²) in [4.78, 5) is 72.3. The Morgan fingerprint density at radius 3 is 0.835 bits per heavy atom. The van der Waals surface area contributed by atoms with Gasteiger partial charge in [-0.2, -0.15) is 0 Å². The average Bonchev–Trinajstić information content (AvgIpc) is 3.62. The minimum absolute atomic E-state index is 0.102. The van der Waals surface area contributed by atoms with Crippen LogP contribution in [0.15, 0.2) is 0 Å². The lowest BCUT2D eigenvalue weighted by atomic mass is 10.00. The molecular formula is C66H128O17P2. The van der Waals surface area contributed by atoms with E-state index in [-0.39, 0.29) is 25.7 Å². The fraction of sp³-hybridized carbons (Fsp3) is 0.939. The predicted octanol–water partition coefficient (Wildman–Crippen LogP) is 18.1. The van der Waals surface area contributed by atoms with Gasteiger partial charge in [0.15, 0.2) is 12.2 Å². The van der Waals surface area contributed by atoms with Crippen molar-refractivity contribution in [3.8, 4) is 0 Å². The summed E-state index contributed by atoms with van der Waals surface area (Å²) < 4.78 is 68.1. The summed E-state index contributed by atoms with van der Waals surface area (Å²) in [5, 5.41) is 10.5. The molecule has 6 atom stereocenters. The fourth-order valence-corrected chi connectivity index (χ4v) is 11.3. The lowest BCUT2D eigenvalue weighted by Gasteiger charge is -2.21. The average molecular weight is 1260 g/mol. The number of hydrogen-bond donors (Lipinski definition) is 3. The number of rotatable bonds is 63. The molecule has 0 amide bonds.